The van der Waals surface area contributed by atoms with E-state index in [2.05, 4.69) is 29.2 Å². The molecule has 0 spiro atoms. The molecule has 2 nitrogen and oxygen atoms in total. The third kappa shape index (κ3) is 1.68. The minimum atomic E-state index is 0.791. The second-order valence-electron chi connectivity index (χ2n) is 3.97. The number of rotatable bonds is 1. The predicted molar refractivity (Wildman–Crippen MR) is 74.2 cm³/mol. The standard InChI is InChI=1S/C14H12N2S/c1-9-16-13(14(15)17-9)12-8-4-6-10-5-2-3-7-11(10)12/h2-8H,15H2,1H3. The van der Waals surface area contributed by atoms with E-state index in [9.17, 15) is 0 Å². The molecule has 2 N–H and O–H groups in total. The Labute approximate surface area is 104 Å². The Kier molecular flexibility index (Phi) is 2.34. The first-order chi connectivity index (χ1) is 8.25. The van der Waals surface area contributed by atoms with Gasteiger partial charge in [0.2, 0.25) is 0 Å². The lowest BCUT2D eigenvalue weighted by Gasteiger charge is -2.04. The van der Waals surface area contributed by atoms with E-state index in [0.29, 0.717) is 0 Å². The summed E-state index contributed by atoms with van der Waals surface area (Å²) in [6.45, 7) is 1.98. The third-order valence-electron chi connectivity index (χ3n) is 2.81. The van der Waals surface area contributed by atoms with Crippen molar-refractivity contribution in [1.82, 2.24) is 4.98 Å². The molecular formula is C14H12N2S. The summed E-state index contributed by atoms with van der Waals surface area (Å²) in [4.78, 5) is 4.52. The van der Waals surface area contributed by atoms with Crippen LogP contribution in [0.25, 0.3) is 22.0 Å². The molecule has 0 aliphatic rings. The van der Waals surface area contributed by atoms with E-state index in [-0.39, 0.29) is 0 Å². The summed E-state index contributed by atoms with van der Waals surface area (Å²) in [5, 5.41) is 4.21. The van der Waals surface area contributed by atoms with Gasteiger partial charge in [-0.1, -0.05) is 42.5 Å². The molecule has 0 amide bonds. The number of hydrogen-bond donors (Lipinski definition) is 1. The molecule has 0 bridgehead atoms. The minimum Gasteiger partial charge on any atom is -0.389 e. The molecule has 0 aliphatic heterocycles. The predicted octanol–water partition coefficient (Wildman–Crippen LogP) is 3.85. The normalized spacial score (nSPS) is 10.9. The first-order valence-corrected chi connectivity index (χ1v) is 6.28. The lowest BCUT2D eigenvalue weighted by atomic mass is 10.0. The molecule has 2 aromatic carbocycles. The first kappa shape index (κ1) is 10.3. The summed E-state index contributed by atoms with van der Waals surface area (Å²) in [5.74, 6) is 0. The summed E-state index contributed by atoms with van der Waals surface area (Å²) in [6.07, 6.45) is 0. The lowest BCUT2D eigenvalue weighted by Crippen LogP contribution is -1.87. The number of benzene rings is 2. The molecule has 0 unspecified atom stereocenters. The van der Waals surface area contributed by atoms with Gasteiger partial charge in [0, 0.05) is 5.56 Å². The van der Waals surface area contributed by atoms with E-state index in [4.69, 9.17) is 5.73 Å². The Balaban J connectivity index is 2.34. The second-order valence-corrected chi connectivity index (χ2v) is 5.21. The fourth-order valence-corrected chi connectivity index (χ4v) is 2.78. The van der Waals surface area contributed by atoms with Gasteiger partial charge in [-0.3, -0.25) is 0 Å². The van der Waals surface area contributed by atoms with Gasteiger partial charge in [-0.15, -0.1) is 11.3 Å². The molecule has 3 heteroatoms. The van der Waals surface area contributed by atoms with Crippen molar-refractivity contribution in [3.05, 3.63) is 47.5 Å². The number of nitrogens with two attached hydrogens (primary N) is 1. The highest BCUT2D eigenvalue weighted by atomic mass is 32.1. The van der Waals surface area contributed by atoms with Crippen LogP contribution in [0.4, 0.5) is 5.00 Å². The van der Waals surface area contributed by atoms with Crippen LogP contribution >= 0.6 is 11.3 Å². The van der Waals surface area contributed by atoms with Crippen molar-refractivity contribution in [3.8, 4) is 11.3 Å². The summed E-state index contributed by atoms with van der Waals surface area (Å²) in [5.41, 5.74) is 8.04. The van der Waals surface area contributed by atoms with E-state index in [1.54, 1.807) is 0 Å². The summed E-state index contributed by atoms with van der Waals surface area (Å²) >= 11 is 1.54. The SMILES string of the molecule is Cc1nc(-c2cccc3ccccc23)c(N)s1. The third-order valence-corrected chi connectivity index (χ3v) is 3.61. The topological polar surface area (TPSA) is 38.9 Å². The van der Waals surface area contributed by atoms with Crippen LogP contribution in [0.3, 0.4) is 0 Å². The molecule has 1 aromatic heterocycles. The summed E-state index contributed by atoms with van der Waals surface area (Å²) < 4.78 is 0. The highest BCUT2D eigenvalue weighted by Gasteiger charge is 2.10. The molecule has 0 saturated carbocycles. The fourth-order valence-electron chi connectivity index (χ4n) is 2.07. The van der Waals surface area contributed by atoms with Crippen LogP contribution in [-0.2, 0) is 0 Å². The van der Waals surface area contributed by atoms with E-state index in [1.165, 1.54) is 22.1 Å². The average Bonchev–Trinajstić information content (AvgIpc) is 2.68. The van der Waals surface area contributed by atoms with E-state index in [1.807, 2.05) is 25.1 Å². The van der Waals surface area contributed by atoms with Gasteiger partial charge in [0.05, 0.1) is 5.01 Å². The first-order valence-electron chi connectivity index (χ1n) is 5.47. The summed E-state index contributed by atoms with van der Waals surface area (Å²) in [7, 11) is 0. The second kappa shape index (κ2) is 3.86. The maximum atomic E-state index is 6.02. The minimum absolute atomic E-state index is 0.791. The van der Waals surface area contributed by atoms with Crippen LogP contribution in [0.2, 0.25) is 0 Å². The Bertz CT molecular complexity index is 680. The number of fused-ring (bicyclic) bond motifs is 1. The van der Waals surface area contributed by atoms with E-state index in [0.717, 1.165) is 21.3 Å². The molecule has 17 heavy (non-hydrogen) atoms. The number of anilines is 1. The fraction of sp³-hybridized carbons (Fsp3) is 0.0714. The Morgan fingerprint density at radius 3 is 2.59 bits per heavy atom. The van der Waals surface area contributed by atoms with Crippen molar-refractivity contribution in [2.75, 3.05) is 5.73 Å². The van der Waals surface area contributed by atoms with Gasteiger partial charge in [-0.2, -0.15) is 0 Å². The molecule has 0 fully saturated rings. The molecule has 0 atom stereocenters. The van der Waals surface area contributed by atoms with Crippen molar-refractivity contribution in [2.24, 2.45) is 0 Å². The lowest BCUT2D eigenvalue weighted by molar-refractivity contribution is 1.30. The number of nitrogens with zero attached hydrogens (tertiary/aromatic N) is 1. The van der Waals surface area contributed by atoms with Gasteiger partial charge in [0.15, 0.2) is 0 Å². The maximum Gasteiger partial charge on any atom is 0.114 e. The van der Waals surface area contributed by atoms with Gasteiger partial charge in [-0.05, 0) is 17.7 Å². The van der Waals surface area contributed by atoms with Crippen LogP contribution in [0.5, 0.6) is 0 Å². The molecule has 3 rings (SSSR count). The highest BCUT2D eigenvalue weighted by Crippen LogP contribution is 2.34. The van der Waals surface area contributed by atoms with Crippen molar-refractivity contribution in [3.63, 3.8) is 0 Å². The molecule has 0 radical (unpaired) electrons. The van der Waals surface area contributed by atoms with Gasteiger partial charge in [0.1, 0.15) is 10.7 Å². The van der Waals surface area contributed by atoms with Crippen LogP contribution < -0.4 is 5.73 Å². The zero-order chi connectivity index (χ0) is 11.8. The summed E-state index contributed by atoms with van der Waals surface area (Å²) in [6, 6.07) is 14.5. The number of nitrogen functional groups attached to an aromatic ring is 1. The van der Waals surface area contributed by atoms with Crippen molar-refractivity contribution in [1.29, 1.82) is 0 Å². The van der Waals surface area contributed by atoms with Crippen LogP contribution in [0, 0.1) is 6.92 Å². The zero-order valence-corrected chi connectivity index (χ0v) is 10.3. The van der Waals surface area contributed by atoms with Crippen molar-refractivity contribution >= 4 is 27.1 Å². The van der Waals surface area contributed by atoms with Crippen LogP contribution in [-0.4, -0.2) is 4.98 Å². The molecule has 3 aromatic rings. The smallest absolute Gasteiger partial charge is 0.114 e. The van der Waals surface area contributed by atoms with Gasteiger partial charge in [-0.25, -0.2) is 4.98 Å². The van der Waals surface area contributed by atoms with E-state index >= 15 is 0 Å². The number of aryl methyl sites for hydroxylation is 1. The molecule has 1 heterocycles. The van der Waals surface area contributed by atoms with Crippen molar-refractivity contribution in [2.45, 2.75) is 6.92 Å². The van der Waals surface area contributed by atoms with E-state index < -0.39 is 0 Å². The monoisotopic (exact) mass is 240 g/mol. The molecular weight excluding hydrogens is 228 g/mol. The number of aromatic nitrogens is 1. The highest BCUT2D eigenvalue weighted by molar-refractivity contribution is 7.16. The van der Waals surface area contributed by atoms with Crippen molar-refractivity contribution < 1.29 is 0 Å². The largest absolute Gasteiger partial charge is 0.389 e. The molecule has 84 valence electrons. The Hall–Kier alpha value is -1.87. The quantitative estimate of drug-likeness (QED) is 0.701. The maximum absolute atomic E-state index is 6.02. The number of thiazole rings is 1. The van der Waals surface area contributed by atoms with Gasteiger partial charge in [0.25, 0.3) is 0 Å². The van der Waals surface area contributed by atoms with Gasteiger partial charge >= 0.3 is 0 Å². The zero-order valence-electron chi connectivity index (χ0n) is 9.47. The number of hydrogen-bond acceptors (Lipinski definition) is 3. The van der Waals surface area contributed by atoms with Gasteiger partial charge < -0.3 is 5.73 Å². The van der Waals surface area contributed by atoms with Crippen LogP contribution in [0.15, 0.2) is 42.5 Å². The molecule has 0 aliphatic carbocycles. The van der Waals surface area contributed by atoms with Crippen LogP contribution in [0.1, 0.15) is 5.01 Å². The average molecular weight is 240 g/mol. The molecule has 0 saturated heterocycles. The Morgan fingerprint density at radius 1 is 1.06 bits per heavy atom. The Morgan fingerprint density at radius 2 is 1.82 bits per heavy atom.